The number of hydrogen-bond donors (Lipinski definition) is 1. The molecule has 0 aromatic heterocycles. The minimum atomic E-state index is 0.255. The number of methoxy groups -OCH3 is 1. The molecule has 0 heterocycles. The average Bonchev–Trinajstić information content (AvgIpc) is 2.39. The summed E-state index contributed by atoms with van der Waals surface area (Å²) in [6.07, 6.45) is 0. The highest BCUT2D eigenvalue weighted by Gasteiger charge is 2.05. The Kier molecular flexibility index (Phi) is 4.26. The van der Waals surface area contributed by atoms with Crippen molar-refractivity contribution in [2.24, 2.45) is 0 Å². The lowest BCUT2D eigenvalue weighted by atomic mass is 10.1. The van der Waals surface area contributed by atoms with Gasteiger partial charge in [0.1, 0.15) is 5.75 Å². The van der Waals surface area contributed by atoms with E-state index in [2.05, 4.69) is 52.4 Å². The van der Waals surface area contributed by atoms with Crippen LogP contribution in [0.3, 0.4) is 0 Å². The molecule has 0 saturated heterocycles. The second-order valence-electron chi connectivity index (χ2n) is 4.15. The van der Waals surface area contributed by atoms with Crippen molar-refractivity contribution >= 4 is 21.6 Å². The summed E-state index contributed by atoms with van der Waals surface area (Å²) in [5.41, 5.74) is 2.31. The molecule has 0 saturated carbocycles. The number of rotatable bonds is 4. The molecule has 0 aliphatic rings. The maximum Gasteiger partial charge on any atom is 0.120 e. The van der Waals surface area contributed by atoms with E-state index in [1.807, 2.05) is 24.3 Å². The van der Waals surface area contributed by atoms with E-state index in [0.29, 0.717) is 0 Å². The van der Waals surface area contributed by atoms with E-state index in [1.54, 1.807) is 7.11 Å². The third kappa shape index (κ3) is 3.26. The van der Waals surface area contributed by atoms with Crippen LogP contribution in [0.15, 0.2) is 53.0 Å². The Labute approximate surface area is 116 Å². The first-order valence-corrected chi connectivity index (χ1v) is 6.64. The van der Waals surface area contributed by atoms with Gasteiger partial charge in [0.15, 0.2) is 0 Å². The Morgan fingerprint density at radius 1 is 1.11 bits per heavy atom. The van der Waals surface area contributed by atoms with Gasteiger partial charge in [0.2, 0.25) is 0 Å². The van der Waals surface area contributed by atoms with Crippen LogP contribution in [-0.4, -0.2) is 7.11 Å². The number of anilines is 1. The van der Waals surface area contributed by atoms with Crippen LogP contribution in [0.1, 0.15) is 18.5 Å². The molecule has 1 N–H and O–H groups in total. The molecular formula is C15H16BrNO. The SMILES string of the molecule is COc1cccc(NC(C)c2ccc(Br)cc2)c1. The summed E-state index contributed by atoms with van der Waals surface area (Å²) in [6, 6.07) is 16.5. The van der Waals surface area contributed by atoms with Crippen molar-refractivity contribution in [3.05, 3.63) is 58.6 Å². The maximum atomic E-state index is 5.21. The number of ether oxygens (including phenoxy) is 1. The van der Waals surface area contributed by atoms with E-state index in [1.165, 1.54) is 5.56 Å². The molecule has 2 aromatic carbocycles. The zero-order valence-electron chi connectivity index (χ0n) is 10.5. The van der Waals surface area contributed by atoms with Gasteiger partial charge in [-0.3, -0.25) is 0 Å². The number of halogens is 1. The van der Waals surface area contributed by atoms with Gasteiger partial charge in [0.25, 0.3) is 0 Å². The van der Waals surface area contributed by atoms with Crippen molar-refractivity contribution in [2.45, 2.75) is 13.0 Å². The summed E-state index contributed by atoms with van der Waals surface area (Å²) < 4.78 is 6.31. The molecule has 0 fully saturated rings. The molecule has 1 atom stereocenters. The number of benzene rings is 2. The van der Waals surface area contributed by atoms with Crippen molar-refractivity contribution in [3.63, 3.8) is 0 Å². The van der Waals surface area contributed by atoms with Gasteiger partial charge in [0.05, 0.1) is 7.11 Å². The highest BCUT2D eigenvalue weighted by Crippen LogP contribution is 2.23. The topological polar surface area (TPSA) is 21.3 Å². The summed E-state index contributed by atoms with van der Waals surface area (Å²) in [5.74, 6) is 0.864. The summed E-state index contributed by atoms with van der Waals surface area (Å²) >= 11 is 3.44. The first-order valence-electron chi connectivity index (χ1n) is 5.85. The molecule has 2 nitrogen and oxygen atoms in total. The molecule has 0 aliphatic heterocycles. The van der Waals surface area contributed by atoms with Crippen LogP contribution in [0.5, 0.6) is 5.75 Å². The van der Waals surface area contributed by atoms with Crippen LogP contribution in [-0.2, 0) is 0 Å². The minimum Gasteiger partial charge on any atom is -0.497 e. The Balaban J connectivity index is 2.10. The van der Waals surface area contributed by atoms with Crippen molar-refractivity contribution in [3.8, 4) is 5.75 Å². The molecule has 94 valence electrons. The van der Waals surface area contributed by atoms with Gasteiger partial charge in [0, 0.05) is 22.3 Å². The van der Waals surface area contributed by atoms with E-state index in [-0.39, 0.29) is 6.04 Å². The predicted molar refractivity (Wildman–Crippen MR) is 79.2 cm³/mol. The average molecular weight is 306 g/mol. The standard InChI is InChI=1S/C15H16BrNO/c1-11(12-6-8-13(16)9-7-12)17-14-4-3-5-15(10-14)18-2/h3-11,17H,1-2H3. The van der Waals surface area contributed by atoms with Gasteiger partial charge in [-0.25, -0.2) is 0 Å². The molecule has 2 aromatic rings. The Morgan fingerprint density at radius 2 is 1.83 bits per heavy atom. The van der Waals surface area contributed by atoms with Gasteiger partial charge < -0.3 is 10.1 Å². The largest absolute Gasteiger partial charge is 0.497 e. The van der Waals surface area contributed by atoms with Gasteiger partial charge in [-0.05, 0) is 36.8 Å². The van der Waals surface area contributed by atoms with Gasteiger partial charge in [-0.1, -0.05) is 34.1 Å². The van der Waals surface area contributed by atoms with Crippen molar-refractivity contribution in [1.29, 1.82) is 0 Å². The molecule has 18 heavy (non-hydrogen) atoms. The Bertz CT molecular complexity index is 510. The lowest BCUT2D eigenvalue weighted by molar-refractivity contribution is 0.415. The van der Waals surface area contributed by atoms with Crippen LogP contribution in [0.4, 0.5) is 5.69 Å². The molecular weight excluding hydrogens is 290 g/mol. The lowest BCUT2D eigenvalue weighted by Gasteiger charge is -2.16. The van der Waals surface area contributed by atoms with E-state index in [9.17, 15) is 0 Å². The second-order valence-corrected chi connectivity index (χ2v) is 5.07. The van der Waals surface area contributed by atoms with Crippen LogP contribution >= 0.6 is 15.9 Å². The first kappa shape index (κ1) is 13.0. The normalized spacial score (nSPS) is 11.9. The third-order valence-corrected chi connectivity index (χ3v) is 3.35. The zero-order chi connectivity index (χ0) is 13.0. The second kappa shape index (κ2) is 5.91. The molecule has 1 unspecified atom stereocenters. The molecule has 3 heteroatoms. The van der Waals surface area contributed by atoms with E-state index < -0.39 is 0 Å². The molecule has 2 rings (SSSR count). The van der Waals surface area contributed by atoms with Crippen molar-refractivity contribution in [1.82, 2.24) is 0 Å². The predicted octanol–water partition coefficient (Wildman–Crippen LogP) is 4.63. The lowest BCUT2D eigenvalue weighted by Crippen LogP contribution is -2.06. The van der Waals surface area contributed by atoms with Crippen LogP contribution in [0.2, 0.25) is 0 Å². The van der Waals surface area contributed by atoms with Crippen molar-refractivity contribution in [2.75, 3.05) is 12.4 Å². The third-order valence-electron chi connectivity index (χ3n) is 2.82. The minimum absolute atomic E-state index is 0.255. The van der Waals surface area contributed by atoms with Gasteiger partial charge >= 0.3 is 0 Å². The van der Waals surface area contributed by atoms with Crippen molar-refractivity contribution < 1.29 is 4.74 Å². The Morgan fingerprint density at radius 3 is 2.50 bits per heavy atom. The number of hydrogen-bond acceptors (Lipinski definition) is 2. The number of nitrogens with one attached hydrogen (secondary N) is 1. The van der Waals surface area contributed by atoms with E-state index >= 15 is 0 Å². The van der Waals surface area contributed by atoms with Crippen LogP contribution in [0, 0.1) is 0 Å². The maximum absolute atomic E-state index is 5.21. The highest BCUT2D eigenvalue weighted by atomic mass is 79.9. The molecule has 0 amide bonds. The zero-order valence-corrected chi connectivity index (χ0v) is 12.1. The molecule has 0 radical (unpaired) electrons. The van der Waals surface area contributed by atoms with E-state index in [4.69, 9.17) is 4.74 Å². The fourth-order valence-corrected chi connectivity index (χ4v) is 2.06. The molecule has 0 spiro atoms. The summed E-state index contributed by atoms with van der Waals surface area (Å²) in [6.45, 7) is 2.14. The monoisotopic (exact) mass is 305 g/mol. The molecule has 0 bridgehead atoms. The Hall–Kier alpha value is -1.48. The quantitative estimate of drug-likeness (QED) is 0.889. The molecule has 0 aliphatic carbocycles. The fourth-order valence-electron chi connectivity index (χ4n) is 1.80. The smallest absolute Gasteiger partial charge is 0.120 e. The fraction of sp³-hybridized carbons (Fsp3) is 0.200. The highest BCUT2D eigenvalue weighted by molar-refractivity contribution is 9.10. The van der Waals surface area contributed by atoms with Gasteiger partial charge in [-0.2, -0.15) is 0 Å². The summed E-state index contributed by atoms with van der Waals surface area (Å²) in [7, 11) is 1.68. The first-order chi connectivity index (χ1) is 8.69. The van der Waals surface area contributed by atoms with Gasteiger partial charge in [-0.15, -0.1) is 0 Å². The summed E-state index contributed by atoms with van der Waals surface area (Å²) in [5, 5.41) is 3.46. The van der Waals surface area contributed by atoms with E-state index in [0.717, 1.165) is 15.9 Å². The van der Waals surface area contributed by atoms with Crippen LogP contribution < -0.4 is 10.1 Å². The summed E-state index contributed by atoms with van der Waals surface area (Å²) in [4.78, 5) is 0. The van der Waals surface area contributed by atoms with Crippen LogP contribution in [0.25, 0.3) is 0 Å².